The zero-order chi connectivity index (χ0) is 21.7. The molecule has 1 amide bonds. The molecule has 3 aromatic rings. The normalized spacial score (nSPS) is 11.2. The van der Waals surface area contributed by atoms with E-state index in [0.717, 1.165) is 10.0 Å². The minimum absolute atomic E-state index is 0.0460. The monoisotopic (exact) mass is 484 g/mol. The van der Waals surface area contributed by atoms with E-state index in [0.29, 0.717) is 33.4 Å². The molecule has 0 aliphatic rings. The molecule has 0 aliphatic heterocycles. The first-order chi connectivity index (χ1) is 14.4. The third-order valence-electron chi connectivity index (χ3n) is 4.38. The number of nitrogens with one attached hydrogen (secondary N) is 1. The van der Waals surface area contributed by atoms with E-state index in [1.54, 1.807) is 67.8 Å². The number of benzene rings is 2. The van der Waals surface area contributed by atoms with Crippen molar-refractivity contribution in [3.05, 3.63) is 92.5 Å². The Morgan fingerprint density at radius 2 is 1.80 bits per heavy atom. The van der Waals surface area contributed by atoms with Crippen molar-refractivity contribution in [1.29, 1.82) is 0 Å². The average Bonchev–Trinajstić information content (AvgIpc) is 2.76. The number of Topliss-reactive ketones (excluding diaryl/α,β-unsaturated/α-hetero) is 1. The van der Waals surface area contributed by atoms with Gasteiger partial charge in [0, 0.05) is 45.9 Å². The van der Waals surface area contributed by atoms with Crippen molar-refractivity contribution in [2.75, 3.05) is 12.4 Å². The molecule has 30 heavy (non-hydrogen) atoms. The quantitative estimate of drug-likeness (QED) is 0.305. The number of rotatable bonds is 6. The van der Waals surface area contributed by atoms with E-state index in [4.69, 9.17) is 17.3 Å². The first kappa shape index (κ1) is 21.7. The Bertz CT molecular complexity index is 1110. The highest BCUT2D eigenvalue weighted by Gasteiger charge is 2.17. The molecule has 152 valence electrons. The van der Waals surface area contributed by atoms with Gasteiger partial charge in [-0.2, -0.15) is 0 Å². The van der Waals surface area contributed by atoms with Gasteiger partial charge in [-0.05, 0) is 45.8 Å². The summed E-state index contributed by atoms with van der Waals surface area (Å²) in [6, 6.07) is 15.2. The minimum atomic E-state index is -0.391. The summed E-state index contributed by atoms with van der Waals surface area (Å²) in [7, 11) is 1.60. The number of ketones is 1. The second kappa shape index (κ2) is 9.65. The van der Waals surface area contributed by atoms with Gasteiger partial charge in [0.25, 0.3) is 5.91 Å². The topological polar surface area (TPSA) is 97.4 Å². The van der Waals surface area contributed by atoms with Gasteiger partial charge in [-0.15, -0.1) is 0 Å². The summed E-state index contributed by atoms with van der Waals surface area (Å²) in [5, 5.41) is 3.13. The van der Waals surface area contributed by atoms with Crippen LogP contribution in [0.25, 0.3) is 0 Å². The van der Waals surface area contributed by atoms with E-state index in [1.807, 2.05) is 0 Å². The molecule has 1 heterocycles. The van der Waals surface area contributed by atoms with Crippen LogP contribution < -0.4 is 11.1 Å². The first-order valence-corrected chi connectivity index (χ1v) is 10.1. The summed E-state index contributed by atoms with van der Waals surface area (Å²) in [5.74, 6) is 0.266. The minimum Gasteiger partial charge on any atom is -0.384 e. The van der Waals surface area contributed by atoms with Crippen LogP contribution in [0, 0.1) is 0 Å². The fraction of sp³-hybridized carbons (Fsp3) is 0.0909. The third kappa shape index (κ3) is 5.31. The number of hydrogen-bond acceptors (Lipinski definition) is 4. The number of carbonyl (C=O) groups excluding carboxylic acids is 2. The van der Waals surface area contributed by atoms with Crippen molar-refractivity contribution < 1.29 is 9.59 Å². The van der Waals surface area contributed by atoms with Crippen LogP contribution >= 0.6 is 27.5 Å². The third-order valence-corrected chi connectivity index (χ3v) is 5.08. The van der Waals surface area contributed by atoms with Crippen LogP contribution in [-0.4, -0.2) is 29.6 Å². The molecule has 8 heteroatoms. The SMILES string of the molecule is CN=C(N)c1ccc(C(=O)Cc2ccc(Cl)cc2C(=O)Nc2ccc(Br)cn2)cc1. The van der Waals surface area contributed by atoms with Gasteiger partial charge in [0.2, 0.25) is 0 Å². The number of carbonyl (C=O) groups is 2. The molecule has 0 bridgehead atoms. The van der Waals surface area contributed by atoms with Gasteiger partial charge < -0.3 is 11.1 Å². The summed E-state index contributed by atoms with van der Waals surface area (Å²) in [5.41, 5.74) is 7.92. The van der Waals surface area contributed by atoms with Crippen LogP contribution in [0.15, 0.2) is 70.3 Å². The lowest BCUT2D eigenvalue weighted by Gasteiger charge is -2.11. The van der Waals surface area contributed by atoms with Gasteiger partial charge >= 0.3 is 0 Å². The Balaban J connectivity index is 1.81. The van der Waals surface area contributed by atoms with Crippen LogP contribution in [0.2, 0.25) is 5.02 Å². The fourth-order valence-corrected chi connectivity index (χ4v) is 3.19. The largest absolute Gasteiger partial charge is 0.384 e. The highest BCUT2D eigenvalue weighted by Crippen LogP contribution is 2.20. The fourth-order valence-electron chi connectivity index (χ4n) is 2.78. The Morgan fingerprint density at radius 1 is 1.10 bits per heavy atom. The van der Waals surface area contributed by atoms with Crippen LogP contribution in [0.5, 0.6) is 0 Å². The highest BCUT2D eigenvalue weighted by molar-refractivity contribution is 9.10. The molecule has 3 rings (SSSR count). The molecule has 0 aliphatic carbocycles. The van der Waals surface area contributed by atoms with Gasteiger partial charge in [0.15, 0.2) is 5.78 Å². The Labute approximate surface area is 187 Å². The molecule has 2 aromatic carbocycles. The smallest absolute Gasteiger partial charge is 0.257 e. The van der Waals surface area contributed by atoms with Crippen molar-refractivity contribution in [3.8, 4) is 0 Å². The van der Waals surface area contributed by atoms with Crippen molar-refractivity contribution in [2.24, 2.45) is 10.7 Å². The number of amidine groups is 1. The van der Waals surface area contributed by atoms with Gasteiger partial charge in [0.1, 0.15) is 11.7 Å². The lowest BCUT2D eigenvalue weighted by Crippen LogP contribution is -2.17. The zero-order valence-electron chi connectivity index (χ0n) is 16.0. The second-order valence-corrected chi connectivity index (χ2v) is 7.76. The summed E-state index contributed by atoms with van der Waals surface area (Å²) < 4.78 is 0.799. The number of halogens is 2. The summed E-state index contributed by atoms with van der Waals surface area (Å²) in [4.78, 5) is 33.6. The molecule has 0 radical (unpaired) electrons. The summed E-state index contributed by atoms with van der Waals surface area (Å²) in [6.45, 7) is 0. The van der Waals surface area contributed by atoms with Gasteiger partial charge in [-0.25, -0.2) is 4.98 Å². The van der Waals surface area contributed by atoms with E-state index >= 15 is 0 Å². The molecule has 3 N–H and O–H groups in total. The Kier molecular flexibility index (Phi) is 6.97. The summed E-state index contributed by atoms with van der Waals surface area (Å²) in [6.07, 6.45) is 1.63. The van der Waals surface area contributed by atoms with E-state index in [2.05, 4.69) is 31.2 Å². The van der Waals surface area contributed by atoms with Crippen molar-refractivity contribution >= 4 is 50.9 Å². The zero-order valence-corrected chi connectivity index (χ0v) is 18.4. The van der Waals surface area contributed by atoms with Gasteiger partial charge in [-0.1, -0.05) is 41.9 Å². The van der Waals surface area contributed by atoms with Crippen molar-refractivity contribution in [3.63, 3.8) is 0 Å². The van der Waals surface area contributed by atoms with Crippen LogP contribution in [0.4, 0.5) is 5.82 Å². The van der Waals surface area contributed by atoms with E-state index < -0.39 is 5.91 Å². The number of nitrogens with two attached hydrogens (primary N) is 1. The Hall–Kier alpha value is -3.03. The summed E-state index contributed by atoms with van der Waals surface area (Å²) >= 11 is 9.39. The predicted molar refractivity (Wildman–Crippen MR) is 122 cm³/mol. The number of pyridine rings is 1. The molecule has 0 unspecified atom stereocenters. The lowest BCUT2D eigenvalue weighted by molar-refractivity contribution is 0.0992. The molecule has 0 saturated carbocycles. The number of hydrogen-bond donors (Lipinski definition) is 2. The highest BCUT2D eigenvalue weighted by atomic mass is 79.9. The van der Waals surface area contributed by atoms with Crippen molar-refractivity contribution in [2.45, 2.75) is 6.42 Å². The molecule has 0 atom stereocenters. The molecule has 1 aromatic heterocycles. The molecular formula is C22H18BrClN4O2. The number of amides is 1. The molecule has 0 spiro atoms. The number of anilines is 1. The van der Waals surface area contributed by atoms with Crippen molar-refractivity contribution in [1.82, 2.24) is 4.98 Å². The van der Waals surface area contributed by atoms with E-state index in [1.165, 1.54) is 0 Å². The molecule has 6 nitrogen and oxygen atoms in total. The standard InChI is InChI=1S/C22H18BrClN4O2/c1-26-21(25)14-4-2-13(3-5-14)19(29)10-15-6-8-17(24)11-18(15)22(30)28-20-9-7-16(23)12-27-20/h2-9,11-12H,10H2,1H3,(H2,25,26)(H,27,28,30). The van der Waals surface area contributed by atoms with Crippen LogP contribution in [0.1, 0.15) is 31.8 Å². The second-order valence-electron chi connectivity index (χ2n) is 6.40. The predicted octanol–water partition coefficient (Wildman–Crippen LogP) is 4.51. The van der Waals surface area contributed by atoms with E-state index in [9.17, 15) is 9.59 Å². The first-order valence-electron chi connectivity index (χ1n) is 8.94. The molecule has 0 saturated heterocycles. The maximum atomic E-state index is 12.8. The molecule has 0 fully saturated rings. The number of aromatic nitrogens is 1. The maximum Gasteiger partial charge on any atom is 0.257 e. The van der Waals surface area contributed by atoms with Crippen LogP contribution in [0.3, 0.4) is 0 Å². The van der Waals surface area contributed by atoms with E-state index in [-0.39, 0.29) is 12.2 Å². The van der Waals surface area contributed by atoms with Gasteiger partial charge in [0.05, 0.1) is 0 Å². The molecular weight excluding hydrogens is 468 g/mol. The Morgan fingerprint density at radius 3 is 2.43 bits per heavy atom. The maximum absolute atomic E-state index is 12.8. The average molecular weight is 486 g/mol. The van der Waals surface area contributed by atoms with Crippen LogP contribution in [-0.2, 0) is 6.42 Å². The van der Waals surface area contributed by atoms with Gasteiger partial charge in [-0.3, -0.25) is 14.6 Å². The number of nitrogens with zero attached hydrogens (tertiary/aromatic N) is 2. The lowest BCUT2D eigenvalue weighted by atomic mass is 9.97. The number of aliphatic imine (C=N–C) groups is 1.